The molecule has 28 heavy (non-hydrogen) atoms. The zero-order valence-electron chi connectivity index (χ0n) is 15.8. The Hall–Kier alpha value is -2.71. The van der Waals surface area contributed by atoms with Crippen LogP contribution in [0.3, 0.4) is 0 Å². The lowest BCUT2D eigenvalue weighted by Gasteiger charge is -2.14. The monoisotopic (exact) mass is 404 g/mol. The largest absolute Gasteiger partial charge is 0.449 e. The molecule has 0 aromatic heterocycles. The van der Waals surface area contributed by atoms with Crippen LogP contribution in [0.4, 0.5) is 0 Å². The maximum Gasteiger partial charge on any atom is 0.338 e. The van der Waals surface area contributed by atoms with Crippen molar-refractivity contribution < 1.29 is 22.7 Å². The highest BCUT2D eigenvalue weighted by Gasteiger charge is 2.19. The van der Waals surface area contributed by atoms with Gasteiger partial charge < -0.3 is 10.1 Å². The average Bonchev–Trinajstić information content (AvgIpc) is 2.68. The minimum absolute atomic E-state index is 0.0533. The Labute approximate surface area is 165 Å². The SMILES string of the molecule is CCNS(=O)(=O)c1ccc(C(=O)O[C@H](C)C(=O)NCCc2ccccc2)cc1. The van der Waals surface area contributed by atoms with Crippen molar-refractivity contribution in [2.24, 2.45) is 0 Å². The number of carbonyl (C=O) groups excluding carboxylic acids is 2. The molecule has 0 aliphatic heterocycles. The van der Waals surface area contributed by atoms with Crippen molar-refractivity contribution in [3.8, 4) is 0 Å². The number of hydrogen-bond donors (Lipinski definition) is 2. The number of ether oxygens (including phenoxy) is 1. The molecule has 2 rings (SSSR count). The number of nitrogens with one attached hydrogen (secondary N) is 2. The van der Waals surface area contributed by atoms with Gasteiger partial charge in [-0.15, -0.1) is 0 Å². The van der Waals surface area contributed by atoms with Crippen LogP contribution in [0, 0.1) is 0 Å². The third kappa shape index (κ3) is 6.17. The molecular weight excluding hydrogens is 380 g/mol. The highest BCUT2D eigenvalue weighted by atomic mass is 32.2. The van der Waals surface area contributed by atoms with Gasteiger partial charge in [0.25, 0.3) is 5.91 Å². The molecule has 0 bridgehead atoms. The molecule has 0 heterocycles. The molecule has 8 heteroatoms. The van der Waals surface area contributed by atoms with Gasteiger partial charge in [0.15, 0.2) is 6.10 Å². The minimum atomic E-state index is -3.59. The lowest BCUT2D eigenvalue weighted by atomic mass is 10.1. The zero-order valence-corrected chi connectivity index (χ0v) is 16.7. The standard InChI is InChI=1S/C20H24N2O5S/c1-3-22-28(25,26)18-11-9-17(10-12-18)20(24)27-15(2)19(23)21-14-13-16-7-5-4-6-8-16/h4-12,15,22H,3,13-14H2,1-2H3,(H,21,23)/t15-/m1/s1. The summed E-state index contributed by atoms with van der Waals surface area (Å²) in [6, 6.07) is 15.1. The van der Waals surface area contributed by atoms with Crippen LogP contribution in [0.25, 0.3) is 0 Å². The van der Waals surface area contributed by atoms with E-state index in [0.29, 0.717) is 13.0 Å². The Bertz CT molecular complexity index is 896. The number of rotatable bonds is 9. The van der Waals surface area contributed by atoms with Gasteiger partial charge in [-0.25, -0.2) is 17.9 Å². The van der Waals surface area contributed by atoms with Crippen LogP contribution in [0.2, 0.25) is 0 Å². The Kier molecular flexibility index (Phi) is 7.71. The van der Waals surface area contributed by atoms with E-state index in [2.05, 4.69) is 10.0 Å². The molecule has 0 aliphatic rings. The Morgan fingerprint density at radius 3 is 2.29 bits per heavy atom. The fraction of sp³-hybridized carbons (Fsp3) is 0.300. The zero-order chi connectivity index (χ0) is 20.6. The molecule has 0 unspecified atom stereocenters. The molecule has 2 N–H and O–H groups in total. The summed E-state index contributed by atoms with van der Waals surface area (Å²) in [7, 11) is -3.59. The van der Waals surface area contributed by atoms with E-state index in [4.69, 9.17) is 4.74 Å². The van der Waals surface area contributed by atoms with Crippen molar-refractivity contribution in [2.75, 3.05) is 13.1 Å². The second kappa shape index (κ2) is 10.0. The van der Waals surface area contributed by atoms with Crippen molar-refractivity contribution in [2.45, 2.75) is 31.3 Å². The summed E-state index contributed by atoms with van der Waals surface area (Å²) in [6.07, 6.45) is -0.289. The first-order chi connectivity index (χ1) is 13.3. The highest BCUT2D eigenvalue weighted by molar-refractivity contribution is 7.89. The van der Waals surface area contributed by atoms with Crippen LogP contribution in [0.5, 0.6) is 0 Å². The maximum atomic E-state index is 12.2. The summed E-state index contributed by atoms with van der Waals surface area (Å²) in [6.45, 7) is 3.86. The summed E-state index contributed by atoms with van der Waals surface area (Å²) in [4.78, 5) is 24.3. The number of carbonyl (C=O) groups is 2. The molecule has 0 spiro atoms. The third-order valence-corrected chi connectivity index (χ3v) is 5.50. The predicted octanol–water partition coefficient (Wildman–Crippen LogP) is 1.89. The van der Waals surface area contributed by atoms with E-state index in [1.54, 1.807) is 6.92 Å². The topological polar surface area (TPSA) is 102 Å². The Morgan fingerprint density at radius 1 is 1.04 bits per heavy atom. The summed E-state index contributed by atoms with van der Waals surface area (Å²) in [5, 5.41) is 2.73. The van der Waals surface area contributed by atoms with E-state index in [1.165, 1.54) is 31.2 Å². The number of esters is 1. The molecule has 0 saturated heterocycles. The molecule has 1 amide bonds. The average molecular weight is 404 g/mol. The van der Waals surface area contributed by atoms with Crippen LogP contribution < -0.4 is 10.0 Å². The molecule has 0 radical (unpaired) electrons. The summed E-state index contributed by atoms with van der Waals surface area (Å²) in [5.41, 5.74) is 1.26. The normalized spacial score (nSPS) is 12.2. The van der Waals surface area contributed by atoms with Gasteiger partial charge in [-0.1, -0.05) is 37.3 Å². The van der Waals surface area contributed by atoms with Gasteiger partial charge >= 0.3 is 5.97 Å². The fourth-order valence-electron chi connectivity index (χ4n) is 2.44. The quantitative estimate of drug-likeness (QED) is 0.622. The van der Waals surface area contributed by atoms with Crippen molar-refractivity contribution in [1.82, 2.24) is 10.0 Å². The number of sulfonamides is 1. The van der Waals surface area contributed by atoms with Crippen molar-refractivity contribution in [3.05, 3.63) is 65.7 Å². The first kappa shape index (κ1) is 21.6. The van der Waals surface area contributed by atoms with E-state index in [-0.39, 0.29) is 17.0 Å². The van der Waals surface area contributed by atoms with Crippen molar-refractivity contribution in [1.29, 1.82) is 0 Å². The van der Waals surface area contributed by atoms with Crippen LogP contribution in [-0.2, 0) is 26.0 Å². The Morgan fingerprint density at radius 2 is 1.68 bits per heavy atom. The molecule has 2 aromatic rings. The first-order valence-electron chi connectivity index (χ1n) is 8.96. The summed E-state index contributed by atoms with van der Waals surface area (Å²) >= 11 is 0. The molecule has 0 saturated carbocycles. The van der Waals surface area contributed by atoms with Gasteiger partial charge in [0, 0.05) is 13.1 Å². The van der Waals surface area contributed by atoms with Crippen LogP contribution in [0.15, 0.2) is 59.5 Å². The third-order valence-electron chi connectivity index (χ3n) is 3.94. The fourth-order valence-corrected chi connectivity index (χ4v) is 3.49. The number of benzene rings is 2. The van der Waals surface area contributed by atoms with Crippen LogP contribution >= 0.6 is 0 Å². The van der Waals surface area contributed by atoms with Gasteiger partial charge in [-0.2, -0.15) is 0 Å². The molecule has 2 aromatic carbocycles. The number of hydrogen-bond acceptors (Lipinski definition) is 5. The minimum Gasteiger partial charge on any atom is -0.449 e. The lowest BCUT2D eigenvalue weighted by molar-refractivity contribution is -0.129. The molecule has 0 fully saturated rings. The molecule has 1 atom stereocenters. The van der Waals surface area contributed by atoms with Crippen LogP contribution in [0.1, 0.15) is 29.8 Å². The second-order valence-electron chi connectivity index (χ2n) is 6.10. The second-order valence-corrected chi connectivity index (χ2v) is 7.87. The van der Waals surface area contributed by atoms with Gasteiger partial charge in [0.1, 0.15) is 0 Å². The Balaban J connectivity index is 1.86. The summed E-state index contributed by atoms with van der Waals surface area (Å²) in [5.74, 6) is -1.09. The first-order valence-corrected chi connectivity index (χ1v) is 10.4. The van der Waals surface area contributed by atoms with Crippen molar-refractivity contribution >= 4 is 21.9 Å². The van der Waals surface area contributed by atoms with Crippen molar-refractivity contribution in [3.63, 3.8) is 0 Å². The van der Waals surface area contributed by atoms with Gasteiger partial charge in [-0.05, 0) is 43.2 Å². The number of amides is 1. The molecular formula is C20H24N2O5S. The van der Waals surface area contributed by atoms with Crippen LogP contribution in [-0.4, -0.2) is 39.5 Å². The highest BCUT2D eigenvalue weighted by Crippen LogP contribution is 2.12. The van der Waals surface area contributed by atoms with Gasteiger partial charge in [0.2, 0.25) is 10.0 Å². The van der Waals surface area contributed by atoms with E-state index in [1.807, 2.05) is 30.3 Å². The smallest absolute Gasteiger partial charge is 0.338 e. The van der Waals surface area contributed by atoms with E-state index in [9.17, 15) is 18.0 Å². The van der Waals surface area contributed by atoms with E-state index in [0.717, 1.165) is 5.56 Å². The molecule has 150 valence electrons. The maximum absolute atomic E-state index is 12.2. The van der Waals surface area contributed by atoms with Gasteiger partial charge in [0.05, 0.1) is 10.5 Å². The van der Waals surface area contributed by atoms with Gasteiger partial charge in [-0.3, -0.25) is 4.79 Å². The predicted molar refractivity (Wildman–Crippen MR) is 105 cm³/mol. The van der Waals surface area contributed by atoms with E-state index >= 15 is 0 Å². The molecule has 0 aliphatic carbocycles. The molecule has 7 nitrogen and oxygen atoms in total. The summed E-state index contributed by atoms with van der Waals surface area (Å²) < 4.78 is 31.3. The van der Waals surface area contributed by atoms with E-state index < -0.39 is 28.0 Å². The lowest BCUT2D eigenvalue weighted by Crippen LogP contribution is -2.36.